The highest BCUT2D eigenvalue weighted by Crippen LogP contribution is 2.18. The first-order valence-electron chi connectivity index (χ1n) is 4.06. The van der Waals surface area contributed by atoms with E-state index in [0.717, 1.165) is 17.6 Å². The molecule has 0 radical (unpaired) electrons. The van der Waals surface area contributed by atoms with E-state index >= 15 is 0 Å². The number of carbonyl (C=O) groups excluding carboxylic acids is 1. The number of carbonyl (C=O) groups is 1. The number of ketones is 1. The van der Waals surface area contributed by atoms with Crippen LogP contribution in [0.25, 0.3) is 0 Å². The van der Waals surface area contributed by atoms with Gasteiger partial charge in [-0.25, -0.2) is 13.2 Å². The molecule has 0 bridgehead atoms. The molecular formula is C9H3F3N2OS. The third-order valence-electron chi connectivity index (χ3n) is 1.87. The Labute approximate surface area is 91.7 Å². The van der Waals surface area contributed by atoms with Gasteiger partial charge in [-0.05, 0) is 23.7 Å². The van der Waals surface area contributed by atoms with Crippen LogP contribution in [0.5, 0.6) is 0 Å². The van der Waals surface area contributed by atoms with Crippen molar-refractivity contribution < 1.29 is 18.0 Å². The van der Waals surface area contributed by atoms with Gasteiger partial charge in [-0.2, -0.15) is 0 Å². The van der Waals surface area contributed by atoms with Crippen LogP contribution in [0.3, 0.4) is 0 Å². The Morgan fingerprint density at radius 3 is 2.56 bits per heavy atom. The summed E-state index contributed by atoms with van der Waals surface area (Å²) < 4.78 is 42.1. The van der Waals surface area contributed by atoms with Crippen LogP contribution in [0.15, 0.2) is 17.5 Å². The molecule has 0 N–H and O–H groups in total. The van der Waals surface area contributed by atoms with Gasteiger partial charge < -0.3 is 0 Å². The predicted octanol–water partition coefficient (Wildman–Crippen LogP) is 2.19. The summed E-state index contributed by atoms with van der Waals surface area (Å²) in [5.41, 5.74) is -0.665. The average molecular weight is 244 g/mol. The second-order valence-corrected chi connectivity index (χ2v) is 3.45. The van der Waals surface area contributed by atoms with Gasteiger partial charge in [-0.1, -0.05) is 4.49 Å². The van der Waals surface area contributed by atoms with E-state index in [0.29, 0.717) is 6.07 Å². The van der Waals surface area contributed by atoms with E-state index in [1.54, 1.807) is 0 Å². The molecule has 2 aromatic rings. The summed E-state index contributed by atoms with van der Waals surface area (Å²) in [7, 11) is 0. The second kappa shape index (κ2) is 4.01. The highest BCUT2D eigenvalue weighted by Gasteiger charge is 2.21. The fourth-order valence-corrected chi connectivity index (χ4v) is 1.54. The van der Waals surface area contributed by atoms with Gasteiger partial charge in [0.25, 0.3) is 0 Å². The van der Waals surface area contributed by atoms with Gasteiger partial charge >= 0.3 is 0 Å². The van der Waals surface area contributed by atoms with Crippen LogP contribution in [0.2, 0.25) is 0 Å². The Morgan fingerprint density at radius 2 is 1.94 bits per heavy atom. The lowest BCUT2D eigenvalue weighted by Crippen LogP contribution is -2.07. The lowest BCUT2D eigenvalue weighted by atomic mass is 10.1. The monoisotopic (exact) mass is 244 g/mol. The maximum atomic E-state index is 13.2. The van der Waals surface area contributed by atoms with Crippen molar-refractivity contribution in [3.05, 3.63) is 46.2 Å². The van der Waals surface area contributed by atoms with Gasteiger partial charge in [-0.15, -0.1) is 5.10 Å². The molecule has 0 amide bonds. The average Bonchev–Trinajstić information content (AvgIpc) is 2.79. The van der Waals surface area contributed by atoms with Crippen molar-refractivity contribution in [2.45, 2.75) is 0 Å². The Hall–Kier alpha value is -1.76. The topological polar surface area (TPSA) is 42.9 Å². The summed E-state index contributed by atoms with van der Waals surface area (Å²) in [5.74, 6) is -5.36. The fourth-order valence-electron chi connectivity index (χ4n) is 1.10. The lowest BCUT2D eigenvalue weighted by Gasteiger charge is -2.01. The first-order valence-corrected chi connectivity index (χ1v) is 4.90. The van der Waals surface area contributed by atoms with Crippen LogP contribution in [0.1, 0.15) is 16.1 Å². The Kier molecular flexibility index (Phi) is 2.69. The maximum Gasteiger partial charge on any atom is 0.217 e. The molecule has 7 heteroatoms. The molecule has 0 atom stereocenters. The number of hydrogen-bond donors (Lipinski definition) is 0. The van der Waals surface area contributed by atoms with Crippen LogP contribution in [-0.2, 0) is 0 Å². The summed E-state index contributed by atoms with van der Waals surface area (Å²) >= 11 is 0.904. The van der Waals surface area contributed by atoms with E-state index in [4.69, 9.17) is 0 Å². The molecular weight excluding hydrogens is 241 g/mol. The number of aromatic nitrogens is 2. The lowest BCUT2D eigenvalue weighted by molar-refractivity contribution is 0.102. The van der Waals surface area contributed by atoms with Crippen molar-refractivity contribution in [2.24, 2.45) is 0 Å². The molecule has 2 rings (SSSR count). The number of hydrogen-bond acceptors (Lipinski definition) is 4. The molecule has 16 heavy (non-hydrogen) atoms. The van der Waals surface area contributed by atoms with Gasteiger partial charge in [-0.3, -0.25) is 4.79 Å². The minimum atomic E-state index is -1.67. The SMILES string of the molecule is O=C(c1csnn1)c1ccc(F)c(F)c1F. The van der Waals surface area contributed by atoms with Gasteiger partial charge in [0.1, 0.15) is 5.69 Å². The molecule has 0 saturated carbocycles. The van der Waals surface area contributed by atoms with E-state index in [9.17, 15) is 18.0 Å². The highest BCUT2D eigenvalue weighted by atomic mass is 32.1. The van der Waals surface area contributed by atoms with Gasteiger partial charge in [0.15, 0.2) is 17.5 Å². The number of nitrogens with zero attached hydrogens (tertiary/aromatic N) is 2. The summed E-state index contributed by atoms with van der Waals surface area (Å²) in [6, 6.07) is 1.56. The van der Waals surface area contributed by atoms with E-state index in [2.05, 4.69) is 9.59 Å². The van der Waals surface area contributed by atoms with E-state index in [1.165, 1.54) is 5.38 Å². The molecule has 82 valence electrons. The van der Waals surface area contributed by atoms with Gasteiger partial charge in [0.05, 0.1) is 5.56 Å². The summed E-state index contributed by atoms with van der Waals surface area (Å²) in [6.45, 7) is 0. The fraction of sp³-hybridized carbons (Fsp3) is 0. The Bertz CT molecular complexity index is 542. The smallest absolute Gasteiger partial charge is 0.217 e. The number of benzene rings is 1. The molecule has 0 unspecified atom stereocenters. The van der Waals surface area contributed by atoms with Gasteiger partial charge in [0.2, 0.25) is 5.78 Å². The van der Waals surface area contributed by atoms with Crippen LogP contribution >= 0.6 is 11.5 Å². The van der Waals surface area contributed by atoms with Gasteiger partial charge in [0, 0.05) is 5.38 Å². The molecule has 0 aliphatic rings. The zero-order valence-electron chi connectivity index (χ0n) is 7.58. The summed E-state index contributed by atoms with van der Waals surface area (Å²) in [6.07, 6.45) is 0. The summed E-state index contributed by atoms with van der Waals surface area (Å²) in [4.78, 5) is 11.6. The largest absolute Gasteiger partial charge is 0.287 e. The zero-order chi connectivity index (χ0) is 11.7. The first-order chi connectivity index (χ1) is 7.61. The third kappa shape index (κ3) is 1.69. The normalized spacial score (nSPS) is 10.4. The predicted molar refractivity (Wildman–Crippen MR) is 49.7 cm³/mol. The van der Waals surface area contributed by atoms with Crippen molar-refractivity contribution in [3.63, 3.8) is 0 Å². The van der Waals surface area contributed by atoms with Crippen LogP contribution in [-0.4, -0.2) is 15.4 Å². The van der Waals surface area contributed by atoms with Crippen molar-refractivity contribution in [1.29, 1.82) is 0 Å². The van der Waals surface area contributed by atoms with E-state index < -0.39 is 28.8 Å². The molecule has 0 spiro atoms. The molecule has 0 fully saturated rings. The molecule has 0 aliphatic carbocycles. The Balaban J connectivity index is 2.50. The minimum Gasteiger partial charge on any atom is -0.287 e. The quantitative estimate of drug-likeness (QED) is 0.600. The van der Waals surface area contributed by atoms with Crippen molar-refractivity contribution in [3.8, 4) is 0 Å². The van der Waals surface area contributed by atoms with E-state index in [-0.39, 0.29) is 5.69 Å². The van der Waals surface area contributed by atoms with Crippen molar-refractivity contribution in [1.82, 2.24) is 9.59 Å². The molecule has 3 nitrogen and oxygen atoms in total. The maximum absolute atomic E-state index is 13.2. The van der Waals surface area contributed by atoms with Crippen LogP contribution < -0.4 is 0 Å². The molecule has 1 heterocycles. The van der Waals surface area contributed by atoms with Crippen LogP contribution in [0, 0.1) is 17.5 Å². The summed E-state index contributed by atoms with van der Waals surface area (Å²) in [5, 5.41) is 4.72. The third-order valence-corrected chi connectivity index (χ3v) is 2.38. The Morgan fingerprint density at radius 1 is 1.19 bits per heavy atom. The van der Waals surface area contributed by atoms with Crippen molar-refractivity contribution >= 4 is 17.3 Å². The highest BCUT2D eigenvalue weighted by molar-refractivity contribution is 7.03. The number of rotatable bonds is 2. The first kappa shape index (κ1) is 10.7. The van der Waals surface area contributed by atoms with Crippen molar-refractivity contribution in [2.75, 3.05) is 0 Å². The minimum absolute atomic E-state index is 0.102. The standard InChI is InChI=1S/C9H3F3N2OS/c10-5-2-1-4(7(11)8(5)12)9(15)6-3-16-14-13-6/h1-3H. The molecule has 1 aromatic carbocycles. The van der Waals surface area contributed by atoms with E-state index in [1.807, 2.05) is 0 Å². The molecule has 0 aliphatic heterocycles. The molecule has 0 saturated heterocycles. The molecule has 1 aromatic heterocycles. The zero-order valence-corrected chi connectivity index (χ0v) is 8.39. The van der Waals surface area contributed by atoms with Crippen LogP contribution in [0.4, 0.5) is 13.2 Å². The number of halogens is 3. The second-order valence-electron chi connectivity index (χ2n) is 2.84.